The molecule has 0 amide bonds. The van der Waals surface area contributed by atoms with Gasteiger partial charge >= 0.3 is 0 Å². The van der Waals surface area contributed by atoms with Crippen LogP contribution < -0.4 is 5.32 Å². The van der Waals surface area contributed by atoms with E-state index in [0.717, 1.165) is 12.0 Å². The minimum atomic E-state index is 0.143. The number of phenols is 1. The van der Waals surface area contributed by atoms with E-state index in [-0.39, 0.29) is 12.1 Å². The lowest BCUT2D eigenvalue weighted by Crippen LogP contribution is -2.24. The Morgan fingerprint density at radius 2 is 1.84 bits per heavy atom. The van der Waals surface area contributed by atoms with Gasteiger partial charge in [0.15, 0.2) is 0 Å². The van der Waals surface area contributed by atoms with Crippen LogP contribution in [0.4, 0.5) is 0 Å². The number of aromatic nitrogens is 1. The molecule has 100 valence electrons. The van der Waals surface area contributed by atoms with Gasteiger partial charge in [0.1, 0.15) is 5.75 Å². The predicted octanol–water partition coefficient (Wildman–Crippen LogP) is 3.59. The number of nitrogens with one attached hydrogen (secondary N) is 1. The second-order valence-electron chi connectivity index (χ2n) is 4.69. The van der Waals surface area contributed by atoms with E-state index < -0.39 is 0 Å². The van der Waals surface area contributed by atoms with E-state index in [1.54, 1.807) is 18.5 Å². The summed E-state index contributed by atoms with van der Waals surface area (Å²) in [6.45, 7) is 4.24. The number of nitrogens with zero attached hydrogens (tertiary/aromatic N) is 1. The Kier molecular flexibility index (Phi) is 4.53. The third-order valence-corrected chi connectivity index (χ3v) is 3.38. The van der Waals surface area contributed by atoms with Crippen LogP contribution in [-0.4, -0.2) is 10.1 Å². The van der Waals surface area contributed by atoms with Crippen molar-refractivity contribution in [1.82, 2.24) is 10.3 Å². The van der Waals surface area contributed by atoms with E-state index in [4.69, 9.17) is 0 Å². The molecule has 0 aliphatic rings. The predicted molar refractivity (Wildman–Crippen MR) is 76.9 cm³/mol. The Morgan fingerprint density at radius 3 is 2.47 bits per heavy atom. The van der Waals surface area contributed by atoms with Gasteiger partial charge in [-0.1, -0.05) is 25.1 Å². The first-order valence-corrected chi connectivity index (χ1v) is 6.66. The number of benzene rings is 1. The van der Waals surface area contributed by atoms with E-state index in [0.29, 0.717) is 5.75 Å². The molecule has 3 heteroatoms. The first-order valence-electron chi connectivity index (χ1n) is 6.66. The van der Waals surface area contributed by atoms with Gasteiger partial charge in [0.2, 0.25) is 0 Å². The fraction of sp³-hybridized carbons (Fsp3) is 0.312. The summed E-state index contributed by atoms with van der Waals surface area (Å²) >= 11 is 0. The largest absolute Gasteiger partial charge is 0.508 e. The lowest BCUT2D eigenvalue weighted by atomic mass is 10.0. The standard InChI is InChI=1S/C16H20N2O/c1-3-15(14-6-4-5-7-16(14)19)18-12(2)13-8-10-17-11-9-13/h4-12,15,18-19H,3H2,1-2H3/t12-,15?/m0/s1. The highest BCUT2D eigenvalue weighted by molar-refractivity contribution is 5.34. The Labute approximate surface area is 114 Å². The molecule has 0 saturated carbocycles. The number of aromatic hydroxyl groups is 1. The van der Waals surface area contributed by atoms with E-state index >= 15 is 0 Å². The SMILES string of the molecule is CCC(N[C@@H](C)c1ccncc1)c1ccccc1O. The van der Waals surface area contributed by atoms with E-state index in [9.17, 15) is 5.11 Å². The Balaban J connectivity index is 2.14. The van der Waals surface area contributed by atoms with Crippen LogP contribution in [0.3, 0.4) is 0 Å². The van der Waals surface area contributed by atoms with Gasteiger partial charge in [-0.3, -0.25) is 4.98 Å². The van der Waals surface area contributed by atoms with Crippen LogP contribution in [-0.2, 0) is 0 Å². The third kappa shape index (κ3) is 3.32. The minimum Gasteiger partial charge on any atom is -0.508 e. The first kappa shape index (κ1) is 13.6. The summed E-state index contributed by atoms with van der Waals surface area (Å²) < 4.78 is 0. The molecule has 0 saturated heterocycles. The quantitative estimate of drug-likeness (QED) is 0.859. The topological polar surface area (TPSA) is 45.2 Å². The maximum atomic E-state index is 9.95. The van der Waals surface area contributed by atoms with Crippen molar-refractivity contribution in [3.63, 3.8) is 0 Å². The summed E-state index contributed by atoms with van der Waals surface area (Å²) in [6, 6.07) is 11.9. The highest BCUT2D eigenvalue weighted by Gasteiger charge is 2.16. The molecule has 0 aliphatic carbocycles. The zero-order chi connectivity index (χ0) is 13.7. The first-order chi connectivity index (χ1) is 9.22. The second kappa shape index (κ2) is 6.34. The molecule has 2 atom stereocenters. The van der Waals surface area contributed by atoms with E-state index in [1.165, 1.54) is 5.56 Å². The zero-order valence-corrected chi connectivity index (χ0v) is 11.4. The van der Waals surface area contributed by atoms with Crippen LogP contribution in [0.25, 0.3) is 0 Å². The molecule has 3 nitrogen and oxygen atoms in total. The molecule has 0 aliphatic heterocycles. The van der Waals surface area contributed by atoms with Crippen LogP contribution in [0, 0.1) is 0 Å². The molecule has 1 aromatic heterocycles. The van der Waals surface area contributed by atoms with Crippen molar-refractivity contribution < 1.29 is 5.11 Å². The number of hydrogen-bond donors (Lipinski definition) is 2. The summed E-state index contributed by atoms with van der Waals surface area (Å²) in [6.07, 6.45) is 4.52. The Bertz CT molecular complexity index is 513. The molecule has 2 N–H and O–H groups in total. The fourth-order valence-electron chi connectivity index (χ4n) is 2.26. The molecule has 2 rings (SSSR count). The Hall–Kier alpha value is -1.87. The number of phenolic OH excluding ortho intramolecular Hbond substituents is 1. The summed E-state index contributed by atoms with van der Waals surface area (Å²) in [7, 11) is 0. The van der Waals surface area contributed by atoms with Gasteiger partial charge in [-0.05, 0) is 37.1 Å². The van der Waals surface area contributed by atoms with Crippen molar-refractivity contribution in [3.8, 4) is 5.75 Å². The highest BCUT2D eigenvalue weighted by atomic mass is 16.3. The van der Waals surface area contributed by atoms with Crippen LogP contribution in [0.15, 0.2) is 48.8 Å². The van der Waals surface area contributed by atoms with Crippen LogP contribution in [0.2, 0.25) is 0 Å². The van der Waals surface area contributed by atoms with Crippen LogP contribution in [0.1, 0.15) is 43.5 Å². The van der Waals surface area contributed by atoms with Gasteiger partial charge in [0.25, 0.3) is 0 Å². The second-order valence-corrected chi connectivity index (χ2v) is 4.69. The molecule has 0 spiro atoms. The summed E-state index contributed by atoms with van der Waals surface area (Å²) in [5.74, 6) is 0.351. The average Bonchev–Trinajstić information content (AvgIpc) is 2.46. The van der Waals surface area contributed by atoms with Crippen molar-refractivity contribution in [1.29, 1.82) is 0 Å². The molecule has 1 unspecified atom stereocenters. The third-order valence-electron chi connectivity index (χ3n) is 3.38. The zero-order valence-electron chi connectivity index (χ0n) is 11.4. The number of pyridine rings is 1. The summed E-state index contributed by atoms with van der Waals surface area (Å²) in [5, 5.41) is 13.5. The van der Waals surface area contributed by atoms with Crippen molar-refractivity contribution in [3.05, 3.63) is 59.9 Å². The molecule has 1 aromatic carbocycles. The summed E-state index contributed by atoms with van der Waals surface area (Å²) in [5.41, 5.74) is 2.15. The highest BCUT2D eigenvalue weighted by Crippen LogP contribution is 2.28. The van der Waals surface area contributed by atoms with Gasteiger partial charge < -0.3 is 10.4 Å². The van der Waals surface area contributed by atoms with Crippen molar-refractivity contribution in [2.75, 3.05) is 0 Å². The van der Waals surface area contributed by atoms with Crippen molar-refractivity contribution in [2.45, 2.75) is 32.4 Å². The molecule has 0 bridgehead atoms. The van der Waals surface area contributed by atoms with Gasteiger partial charge in [-0.25, -0.2) is 0 Å². The van der Waals surface area contributed by atoms with Crippen LogP contribution in [0.5, 0.6) is 5.75 Å². The van der Waals surface area contributed by atoms with Crippen LogP contribution >= 0.6 is 0 Å². The number of para-hydroxylation sites is 1. The number of rotatable bonds is 5. The maximum absolute atomic E-state index is 9.95. The van der Waals surface area contributed by atoms with Gasteiger partial charge in [0, 0.05) is 30.0 Å². The van der Waals surface area contributed by atoms with Crippen molar-refractivity contribution in [2.24, 2.45) is 0 Å². The average molecular weight is 256 g/mol. The van der Waals surface area contributed by atoms with Gasteiger partial charge in [-0.15, -0.1) is 0 Å². The maximum Gasteiger partial charge on any atom is 0.120 e. The molecular formula is C16H20N2O. The molecular weight excluding hydrogens is 236 g/mol. The normalized spacial score (nSPS) is 14.0. The Morgan fingerprint density at radius 1 is 1.16 bits per heavy atom. The van der Waals surface area contributed by atoms with Gasteiger partial charge in [-0.2, -0.15) is 0 Å². The minimum absolute atomic E-state index is 0.143. The van der Waals surface area contributed by atoms with Gasteiger partial charge in [0.05, 0.1) is 0 Å². The molecule has 1 heterocycles. The van der Waals surface area contributed by atoms with Crippen molar-refractivity contribution >= 4 is 0 Å². The molecule has 0 fully saturated rings. The number of hydrogen-bond acceptors (Lipinski definition) is 3. The molecule has 0 radical (unpaired) electrons. The fourth-order valence-corrected chi connectivity index (χ4v) is 2.26. The van der Waals surface area contributed by atoms with E-state index in [2.05, 4.69) is 24.1 Å². The lowest BCUT2D eigenvalue weighted by molar-refractivity contribution is 0.419. The smallest absolute Gasteiger partial charge is 0.120 e. The molecule has 2 aromatic rings. The monoisotopic (exact) mass is 256 g/mol. The summed E-state index contributed by atoms with van der Waals surface area (Å²) in [4.78, 5) is 4.03. The lowest BCUT2D eigenvalue weighted by Gasteiger charge is -2.23. The van der Waals surface area contributed by atoms with E-state index in [1.807, 2.05) is 30.3 Å². The molecule has 19 heavy (non-hydrogen) atoms.